The molecular formula is C18H23NO2. The van der Waals surface area contributed by atoms with E-state index in [-0.39, 0.29) is 5.92 Å². The Hall–Kier alpha value is -1.35. The summed E-state index contributed by atoms with van der Waals surface area (Å²) in [5, 5.41) is 0. The quantitative estimate of drug-likeness (QED) is 0.793. The van der Waals surface area contributed by atoms with Crippen molar-refractivity contribution in [3.63, 3.8) is 0 Å². The second-order valence-corrected chi connectivity index (χ2v) is 6.82. The van der Waals surface area contributed by atoms with Crippen LogP contribution in [0.5, 0.6) is 0 Å². The van der Waals surface area contributed by atoms with Gasteiger partial charge in [0.1, 0.15) is 0 Å². The molecule has 3 heteroatoms. The summed E-state index contributed by atoms with van der Waals surface area (Å²) in [4.78, 5) is 14.6. The molecule has 112 valence electrons. The number of benzene rings is 1. The van der Waals surface area contributed by atoms with Gasteiger partial charge in [0.05, 0.1) is 12.5 Å². The number of nitrogens with zero attached hydrogens (tertiary/aromatic N) is 1. The van der Waals surface area contributed by atoms with Gasteiger partial charge in [-0.15, -0.1) is 0 Å². The Morgan fingerprint density at radius 2 is 2.00 bits per heavy atom. The van der Waals surface area contributed by atoms with Gasteiger partial charge in [0.2, 0.25) is 5.91 Å². The summed E-state index contributed by atoms with van der Waals surface area (Å²) >= 11 is 0. The first kappa shape index (κ1) is 13.3. The molecular weight excluding hydrogens is 262 g/mol. The smallest absolute Gasteiger partial charge is 0.228 e. The van der Waals surface area contributed by atoms with Gasteiger partial charge < -0.3 is 9.64 Å². The van der Waals surface area contributed by atoms with E-state index in [9.17, 15) is 4.79 Å². The minimum atomic E-state index is 0.120. The first-order valence-corrected chi connectivity index (χ1v) is 8.23. The number of hydrogen-bond donors (Lipinski definition) is 0. The highest BCUT2D eigenvalue weighted by molar-refractivity contribution is 5.79. The minimum absolute atomic E-state index is 0.120. The number of hydrogen-bond acceptors (Lipinski definition) is 2. The van der Waals surface area contributed by atoms with Gasteiger partial charge in [-0.3, -0.25) is 4.79 Å². The predicted octanol–water partition coefficient (Wildman–Crippen LogP) is 2.53. The van der Waals surface area contributed by atoms with Crippen LogP contribution in [-0.2, 0) is 21.4 Å². The Labute approximate surface area is 126 Å². The molecule has 0 aromatic heterocycles. The second kappa shape index (κ2) is 5.13. The number of aryl methyl sites for hydroxylation is 1. The zero-order chi connectivity index (χ0) is 14.3. The van der Waals surface area contributed by atoms with Crippen LogP contribution in [0.2, 0.25) is 0 Å². The van der Waals surface area contributed by atoms with Crippen molar-refractivity contribution in [3.05, 3.63) is 35.4 Å². The van der Waals surface area contributed by atoms with Gasteiger partial charge in [-0.1, -0.05) is 24.3 Å². The third-order valence-electron chi connectivity index (χ3n) is 5.77. The first-order chi connectivity index (χ1) is 10.3. The van der Waals surface area contributed by atoms with E-state index in [4.69, 9.17) is 4.74 Å². The molecule has 2 saturated heterocycles. The van der Waals surface area contributed by atoms with Crippen molar-refractivity contribution in [3.8, 4) is 0 Å². The summed E-state index contributed by atoms with van der Waals surface area (Å²) in [5.41, 5.74) is 3.43. The Kier molecular flexibility index (Phi) is 3.26. The Bertz CT molecular complexity index is 540. The van der Waals surface area contributed by atoms with Crippen LogP contribution in [0.15, 0.2) is 24.3 Å². The minimum Gasteiger partial charge on any atom is -0.381 e. The molecule has 0 saturated carbocycles. The topological polar surface area (TPSA) is 29.5 Å². The van der Waals surface area contributed by atoms with Crippen molar-refractivity contribution < 1.29 is 9.53 Å². The molecule has 4 rings (SSSR count). The van der Waals surface area contributed by atoms with E-state index < -0.39 is 0 Å². The van der Waals surface area contributed by atoms with E-state index in [1.807, 2.05) is 0 Å². The molecule has 0 bridgehead atoms. The van der Waals surface area contributed by atoms with E-state index in [1.165, 1.54) is 18.4 Å². The standard InChI is InChI=1S/C18H23NO2/c20-17(15-6-12-21-13-15)19-10-8-18(9-11-19)7-5-14-3-1-2-4-16(14)18/h1-4,15H,5-13H2/t15-/m0/s1. The van der Waals surface area contributed by atoms with E-state index in [0.717, 1.165) is 39.0 Å². The number of amides is 1. The maximum Gasteiger partial charge on any atom is 0.228 e. The molecule has 0 N–H and O–H groups in total. The fourth-order valence-corrected chi connectivity index (χ4v) is 4.43. The Balaban J connectivity index is 1.46. The third-order valence-corrected chi connectivity index (χ3v) is 5.77. The van der Waals surface area contributed by atoms with Crippen LogP contribution in [-0.4, -0.2) is 37.1 Å². The maximum atomic E-state index is 12.5. The van der Waals surface area contributed by atoms with Gasteiger partial charge in [-0.05, 0) is 48.6 Å². The molecule has 2 heterocycles. The maximum absolute atomic E-state index is 12.5. The van der Waals surface area contributed by atoms with Crippen LogP contribution in [0.3, 0.4) is 0 Å². The summed E-state index contributed by atoms with van der Waals surface area (Å²) in [5.74, 6) is 0.448. The average molecular weight is 285 g/mol. The van der Waals surface area contributed by atoms with E-state index in [0.29, 0.717) is 17.9 Å². The van der Waals surface area contributed by atoms with Crippen LogP contribution in [0.4, 0.5) is 0 Å². The number of rotatable bonds is 1. The summed E-state index contributed by atoms with van der Waals surface area (Å²) < 4.78 is 5.36. The van der Waals surface area contributed by atoms with Gasteiger partial charge in [0, 0.05) is 19.7 Å². The highest BCUT2D eigenvalue weighted by atomic mass is 16.5. The fraction of sp³-hybridized carbons (Fsp3) is 0.611. The molecule has 3 aliphatic rings. The molecule has 1 aromatic rings. The van der Waals surface area contributed by atoms with Crippen molar-refractivity contribution in [2.45, 2.75) is 37.5 Å². The highest BCUT2D eigenvalue weighted by Crippen LogP contribution is 2.46. The van der Waals surface area contributed by atoms with Crippen LogP contribution in [0.1, 0.15) is 36.8 Å². The van der Waals surface area contributed by atoms with Crippen LogP contribution in [0.25, 0.3) is 0 Å². The molecule has 1 amide bonds. The van der Waals surface area contributed by atoms with E-state index in [2.05, 4.69) is 29.2 Å². The van der Waals surface area contributed by atoms with Crippen molar-refractivity contribution in [1.82, 2.24) is 4.90 Å². The van der Waals surface area contributed by atoms with Crippen molar-refractivity contribution in [2.24, 2.45) is 5.92 Å². The van der Waals surface area contributed by atoms with E-state index in [1.54, 1.807) is 5.56 Å². The zero-order valence-corrected chi connectivity index (χ0v) is 12.5. The number of piperidine rings is 1. The fourth-order valence-electron chi connectivity index (χ4n) is 4.43. The number of carbonyl (C=O) groups excluding carboxylic acids is 1. The van der Waals surface area contributed by atoms with E-state index >= 15 is 0 Å². The molecule has 0 radical (unpaired) electrons. The van der Waals surface area contributed by atoms with Gasteiger partial charge >= 0.3 is 0 Å². The van der Waals surface area contributed by atoms with Crippen molar-refractivity contribution in [1.29, 1.82) is 0 Å². The lowest BCUT2D eigenvalue weighted by Gasteiger charge is -2.41. The second-order valence-electron chi connectivity index (χ2n) is 6.82. The van der Waals surface area contributed by atoms with Crippen molar-refractivity contribution in [2.75, 3.05) is 26.3 Å². The molecule has 1 aromatic carbocycles. The third kappa shape index (κ3) is 2.18. The lowest BCUT2D eigenvalue weighted by atomic mass is 9.73. The molecule has 2 aliphatic heterocycles. The highest BCUT2D eigenvalue weighted by Gasteiger charge is 2.42. The molecule has 1 spiro atoms. The molecule has 1 aliphatic carbocycles. The molecule has 1 atom stereocenters. The molecule has 2 fully saturated rings. The lowest BCUT2D eigenvalue weighted by Crippen LogP contribution is -2.46. The summed E-state index contributed by atoms with van der Waals surface area (Å²) in [6.07, 6.45) is 5.64. The van der Waals surface area contributed by atoms with Gasteiger partial charge in [-0.25, -0.2) is 0 Å². The van der Waals surface area contributed by atoms with Crippen LogP contribution < -0.4 is 0 Å². The number of likely N-dealkylation sites (tertiary alicyclic amines) is 1. The van der Waals surface area contributed by atoms with Crippen LogP contribution in [0, 0.1) is 5.92 Å². The van der Waals surface area contributed by atoms with Gasteiger partial charge in [0.25, 0.3) is 0 Å². The van der Waals surface area contributed by atoms with Gasteiger partial charge in [0.15, 0.2) is 0 Å². The number of fused-ring (bicyclic) bond motifs is 2. The Morgan fingerprint density at radius 1 is 1.19 bits per heavy atom. The largest absolute Gasteiger partial charge is 0.381 e. The van der Waals surface area contributed by atoms with Crippen LogP contribution >= 0.6 is 0 Å². The first-order valence-electron chi connectivity index (χ1n) is 8.23. The Morgan fingerprint density at radius 3 is 2.76 bits per heavy atom. The number of carbonyl (C=O) groups is 1. The normalized spacial score (nSPS) is 27.0. The monoisotopic (exact) mass is 285 g/mol. The number of ether oxygens (including phenoxy) is 1. The molecule has 3 nitrogen and oxygen atoms in total. The zero-order valence-electron chi connectivity index (χ0n) is 12.5. The lowest BCUT2D eigenvalue weighted by molar-refractivity contribution is -0.137. The summed E-state index contributed by atoms with van der Waals surface area (Å²) in [6, 6.07) is 8.90. The van der Waals surface area contributed by atoms with Gasteiger partial charge in [-0.2, -0.15) is 0 Å². The summed E-state index contributed by atoms with van der Waals surface area (Å²) in [6.45, 7) is 3.22. The predicted molar refractivity (Wildman–Crippen MR) is 81.2 cm³/mol. The molecule has 0 unspecified atom stereocenters. The SMILES string of the molecule is O=C([C@H]1CCOC1)N1CCC2(CCc3ccccc32)CC1. The summed E-state index contributed by atoms with van der Waals surface area (Å²) in [7, 11) is 0. The molecule has 21 heavy (non-hydrogen) atoms. The van der Waals surface area contributed by atoms with Crippen molar-refractivity contribution >= 4 is 5.91 Å². The average Bonchev–Trinajstić information content (AvgIpc) is 3.17.